The molecular weight excluding hydrogens is 277 g/mol. The van der Waals surface area contributed by atoms with E-state index < -0.39 is 0 Å². The standard InChI is InChI=1S/C10H9BrClN3/c1-2-9-13-3-4-15(9)10-8(12)5-7(11)6-14-10/h3-6H,2H2,1H3. The summed E-state index contributed by atoms with van der Waals surface area (Å²) in [5.41, 5.74) is 0. The Morgan fingerprint density at radius 1 is 1.47 bits per heavy atom. The zero-order valence-electron chi connectivity index (χ0n) is 8.11. The summed E-state index contributed by atoms with van der Waals surface area (Å²) in [4.78, 5) is 8.50. The fourth-order valence-corrected chi connectivity index (χ4v) is 2.09. The van der Waals surface area contributed by atoms with Crippen molar-refractivity contribution in [1.29, 1.82) is 0 Å². The number of nitrogens with zero attached hydrogens (tertiary/aromatic N) is 3. The molecular formula is C10H9BrClN3. The van der Waals surface area contributed by atoms with Gasteiger partial charge < -0.3 is 0 Å². The third-order valence-electron chi connectivity index (χ3n) is 2.05. The van der Waals surface area contributed by atoms with Gasteiger partial charge >= 0.3 is 0 Å². The second-order valence-corrected chi connectivity index (χ2v) is 4.35. The average molecular weight is 287 g/mol. The molecule has 0 radical (unpaired) electrons. The molecule has 3 nitrogen and oxygen atoms in total. The van der Waals surface area contributed by atoms with Gasteiger partial charge in [-0.1, -0.05) is 18.5 Å². The molecule has 0 bridgehead atoms. The maximum Gasteiger partial charge on any atom is 0.156 e. The summed E-state index contributed by atoms with van der Waals surface area (Å²) in [5, 5.41) is 0.608. The van der Waals surface area contributed by atoms with E-state index in [9.17, 15) is 0 Å². The summed E-state index contributed by atoms with van der Waals surface area (Å²) in [6.45, 7) is 2.05. The van der Waals surface area contributed by atoms with Crippen LogP contribution in [0.3, 0.4) is 0 Å². The minimum atomic E-state index is 0.608. The fourth-order valence-electron chi connectivity index (χ4n) is 1.37. The monoisotopic (exact) mass is 285 g/mol. The lowest BCUT2D eigenvalue weighted by Crippen LogP contribution is -2.02. The van der Waals surface area contributed by atoms with Crippen molar-refractivity contribution >= 4 is 27.5 Å². The number of aromatic nitrogens is 3. The van der Waals surface area contributed by atoms with Gasteiger partial charge in [-0.05, 0) is 22.0 Å². The van der Waals surface area contributed by atoms with Gasteiger partial charge in [-0.15, -0.1) is 0 Å². The maximum atomic E-state index is 6.11. The van der Waals surface area contributed by atoms with Gasteiger partial charge in [0.2, 0.25) is 0 Å². The average Bonchev–Trinajstić information content (AvgIpc) is 2.65. The molecule has 2 rings (SSSR count). The highest BCUT2D eigenvalue weighted by Crippen LogP contribution is 2.22. The molecule has 2 heterocycles. The lowest BCUT2D eigenvalue weighted by Gasteiger charge is -2.07. The van der Waals surface area contributed by atoms with Gasteiger partial charge in [0.15, 0.2) is 5.82 Å². The Labute approximate surface area is 101 Å². The number of pyridine rings is 1. The summed E-state index contributed by atoms with van der Waals surface area (Å²) in [5.74, 6) is 1.67. The first-order valence-corrected chi connectivity index (χ1v) is 5.73. The fraction of sp³-hybridized carbons (Fsp3) is 0.200. The zero-order valence-corrected chi connectivity index (χ0v) is 10.5. The van der Waals surface area contributed by atoms with Crippen molar-refractivity contribution in [2.75, 3.05) is 0 Å². The van der Waals surface area contributed by atoms with Gasteiger partial charge in [0, 0.05) is 29.5 Å². The lowest BCUT2D eigenvalue weighted by molar-refractivity contribution is 0.867. The van der Waals surface area contributed by atoms with Crippen LogP contribution in [0.4, 0.5) is 0 Å². The van der Waals surface area contributed by atoms with E-state index in [-0.39, 0.29) is 0 Å². The van der Waals surface area contributed by atoms with Crippen LogP contribution >= 0.6 is 27.5 Å². The van der Waals surface area contributed by atoms with Crippen molar-refractivity contribution in [3.63, 3.8) is 0 Å². The van der Waals surface area contributed by atoms with Gasteiger partial charge in [0.05, 0.1) is 5.02 Å². The van der Waals surface area contributed by atoms with E-state index in [4.69, 9.17) is 11.6 Å². The Morgan fingerprint density at radius 2 is 2.27 bits per heavy atom. The number of aryl methyl sites for hydroxylation is 1. The molecule has 0 saturated heterocycles. The molecule has 0 aliphatic heterocycles. The first-order chi connectivity index (χ1) is 7.22. The molecule has 0 amide bonds. The summed E-state index contributed by atoms with van der Waals surface area (Å²) in [7, 11) is 0. The van der Waals surface area contributed by atoms with Crippen molar-refractivity contribution in [2.45, 2.75) is 13.3 Å². The van der Waals surface area contributed by atoms with Crippen LogP contribution in [0.25, 0.3) is 5.82 Å². The number of imidazole rings is 1. The largest absolute Gasteiger partial charge is 0.287 e. The molecule has 15 heavy (non-hydrogen) atoms. The van der Waals surface area contributed by atoms with Gasteiger partial charge in [0.1, 0.15) is 5.82 Å². The van der Waals surface area contributed by atoms with Crippen molar-refractivity contribution in [3.05, 3.63) is 40.0 Å². The summed E-state index contributed by atoms with van der Waals surface area (Å²) < 4.78 is 2.77. The highest BCUT2D eigenvalue weighted by Gasteiger charge is 2.08. The van der Waals surface area contributed by atoms with Gasteiger partial charge in [0.25, 0.3) is 0 Å². The number of halogens is 2. The molecule has 0 N–H and O–H groups in total. The van der Waals surface area contributed by atoms with E-state index in [1.165, 1.54) is 0 Å². The number of hydrogen-bond donors (Lipinski definition) is 0. The van der Waals surface area contributed by atoms with Crippen LogP contribution in [-0.4, -0.2) is 14.5 Å². The molecule has 0 atom stereocenters. The van der Waals surface area contributed by atoms with E-state index in [1.54, 1.807) is 12.4 Å². The van der Waals surface area contributed by atoms with E-state index >= 15 is 0 Å². The topological polar surface area (TPSA) is 30.7 Å². The number of hydrogen-bond acceptors (Lipinski definition) is 2. The van der Waals surface area contributed by atoms with Gasteiger partial charge in [-0.25, -0.2) is 9.97 Å². The lowest BCUT2D eigenvalue weighted by atomic mass is 10.4. The molecule has 0 fully saturated rings. The first-order valence-electron chi connectivity index (χ1n) is 4.56. The smallest absolute Gasteiger partial charge is 0.156 e. The minimum Gasteiger partial charge on any atom is -0.287 e. The molecule has 0 aliphatic rings. The highest BCUT2D eigenvalue weighted by atomic mass is 79.9. The van der Waals surface area contributed by atoms with Crippen LogP contribution in [0, 0.1) is 0 Å². The first kappa shape index (κ1) is 10.6. The molecule has 5 heteroatoms. The van der Waals surface area contributed by atoms with E-state index in [1.807, 2.05) is 23.8 Å². The normalized spacial score (nSPS) is 10.6. The Bertz CT molecular complexity index is 481. The summed E-state index contributed by atoms with van der Waals surface area (Å²) >= 11 is 9.43. The quantitative estimate of drug-likeness (QED) is 0.848. The molecule has 78 valence electrons. The van der Waals surface area contributed by atoms with E-state index in [0.717, 1.165) is 16.7 Å². The molecule has 2 aromatic rings. The van der Waals surface area contributed by atoms with Crippen LogP contribution in [0.2, 0.25) is 5.02 Å². The van der Waals surface area contributed by atoms with Crippen LogP contribution < -0.4 is 0 Å². The Hall–Kier alpha value is -0.870. The van der Waals surface area contributed by atoms with E-state index in [0.29, 0.717) is 10.8 Å². The van der Waals surface area contributed by atoms with E-state index in [2.05, 4.69) is 25.9 Å². The van der Waals surface area contributed by atoms with Crippen LogP contribution in [0.1, 0.15) is 12.7 Å². The molecule has 0 aliphatic carbocycles. The Morgan fingerprint density at radius 3 is 2.93 bits per heavy atom. The van der Waals surface area contributed by atoms with Gasteiger partial charge in [-0.2, -0.15) is 0 Å². The van der Waals surface area contributed by atoms with Gasteiger partial charge in [-0.3, -0.25) is 4.57 Å². The van der Waals surface area contributed by atoms with Crippen LogP contribution in [-0.2, 0) is 6.42 Å². The molecule has 0 aromatic carbocycles. The second-order valence-electron chi connectivity index (χ2n) is 3.03. The van der Waals surface area contributed by atoms with Crippen molar-refractivity contribution < 1.29 is 0 Å². The zero-order chi connectivity index (χ0) is 10.8. The third kappa shape index (κ3) is 2.06. The predicted octanol–water partition coefficient (Wildman–Crippen LogP) is 3.25. The SMILES string of the molecule is CCc1nccn1-c1ncc(Br)cc1Cl. The van der Waals surface area contributed by atoms with Crippen molar-refractivity contribution in [1.82, 2.24) is 14.5 Å². The van der Waals surface area contributed by atoms with Crippen molar-refractivity contribution in [3.8, 4) is 5.82 Å². The molecule has 2 aromatic heterocycles. The summed E-state index contributed by atoms with van der Waals surface area (Å²) in [6, 6.07) is 1.82. The Kier molecular flexibility index (Phi) is 3.07. The maximum absolute atomic E-state index is 6.11. The number of rotatable bonds is 2. The highest BCUT2D eigenvalue weighted by molar-refractivity contribution is 9.10. The molecule has 0 saturated carbocycles. The second kappa shape index (κ2) is 4.33. The minimum absolute atomic E-state index is 0.608. The summed E-state index contributed by atoms with van der Waals surface area (Å²) in [6.07, 6.45) is 6.18. The van der Waals surface area contributed by atoms with Crippen LogP contribution in [0.15, 0.2) is 29.1 Å². The molecule has 0 spiro atoms. The third-order valence-corrected chi connectivity index (χ3v) is 2.76. The Balaban J connectivity index is 2.54. The molecule has 0 unspecified atom stereocenters. The van der Waals surface area contributed by atoms with Crippen LogP contribution in [0.5, 0.6) is 0 Å². The predicted molar refractivity (Wildman–Crippen MR) is 63.4 cm³/mol. The van der Waals surface area contributed by atoms with Crippen molar-refractivity contribution in [2.24, 2.45) is 0 Å².